The second kappa shape index (κ2) is 4.83. The van der Waals surface area contributed by atoms with Crippen molar-refractivity contribution in [3.05, 3.63) is 0 Å². The van der Waals surface area contributed by atoms with Crippen LogP contribution in [0.4, 0.5) is 0 Å². The molecule has 0 spiro atoms. The third-order valence-corrected chi connectivity index (χ3v) is 2.94. The first-order valence-electron chi connectivity index (χ1n) is 5.06. The van der Waals surface area contributed by atoms with Crippen LogP contribution in [0.3, 0.4) is 0 Å². The molecule has 1 heterocycles. The third-order valence-electron chi connectivity index (χ3n) is 2.94. The summed E-state index contributed by atoms with van der Waals surface area (Å²) in [7, 11) is 1.81. The van der Waals surface area contributed by atoms with Crippen molar-refractivity contribution >= 4 is 0 Å². The van der Waals surface area contributed by atoms with Crippen LogP contribution < -0.4 is 0 Å². The van der Waals surface area contributed by atoms with Crippen molar-refractivity contribution in [3.63, 3.8) is 0 Å². The minimum Gasteiger partial charge on any atom is -0.380 e. The molecule has 2 atom stereocenters. The summed E-state index contributed by atoms with van der Waals surface area (Å²) in [6.07, 6.45) is 4.32. The van der Waals surface area contributed by atoms with Crippen LogP contribution in [0.25, 0.3) is 0 Å². The van der Waals surface area contributed by atoms with Crippen LogP contribution in [0.2, 0.25) is 0 Å². The van der Waals surface area contributed by atoms with Crippen molar-refractivity contribution < 1.29 is 4.74 Å². The summed E-state index contributed by atoms with van der Waals surface area (Å²) in [5.41, 5.74) is 0. The highest BCUT2D eigenvalue weighted by Gasteiger charge is 2.24. The molecule has 1 aliphatic rings. The quantitative estimate of drug-likeness (QED) is 0.640. The molecule has 2 heteroatoms. The second-order valence-electron chi connectivity index (χ2n) is 3.66. The Bertz CT molecular complexity index is 121. The smallest absolute Gasteiger partial charge is 0.0698 e. The average molecular weight is 171 g/mol. The molecule has 72 valence electrons. The van der Waals surface area contributed by atoms with Gasteiger partial charge in [0.25, 0.3) is 0 Å². The number of rotatable bonds is 4. The van der Waals surface area contributed by atoms with Gasteiger partial charge in [0.2, 0.25) is 0 Å². The van der Waals surface area contributed by atoms with Crippen LogP contribution in [0.1, 0.15) is 33.1 Å². The van der Waals surface area contributed by atoms with E-state index in [9.17, 15) is 0 Å². The second-order valence-corrected chi connectivity index (χ2v) is 3.66. The van der Waals surface area contributed by atoms with Gasteiger partial charge in [0.15, 0.2) is 0 Å². The summed E-state index contributed by atoms with van der Waals surface area (Å²) < 4.78 is 5.37. The predicted molar refractivity (Wildman–Crippen MR) is 51.4 cm³/mol. The van der Waals surface area contributed by atoms with E-state index in [1.807, 2.05) is 7.11 Å². The molecule has 0 aromatic heterocycles. The minimum atomic E-state index is 0.382. The first-order chi connectivity index (χ1) is 5.79. The van der Waals surface area contributed by atoms with E-state index in [1.54, 1.807) is 0 Å². The maximum absolute atomic E-state index is 5.37. The topological polar surface area (TPSA) is 12.5 Å². The number of hydrogen-bond donors (Lipinski definition) is 0. The van der Waals surface area contributed by atoms with Gasteiger partial charge in [0.1, 0.15) is 0 Å². The summed E-state index contributed by atoms with van der Waals surface area (Å²) in [6, 6.07) is 0.637. The first kappa shape index (κ1) is 10.0. The highest BCUT2D eigenvalue weighted by atomic mass is 16.5. The molecule has 0 N–H and O–H groups in total. The van der Waals surface area contributed by atoms with Gasteiger partial charge in [0.05, 0.1) is 6.10 Å². The molecule has 0 radical (unpaired) electrons. The lowest BCUT2D eigenvalue weighted by atomic mass is 10.1. The fourth-order valence-electron chi connectivity index (χ4n) is 2.12. The molecule has 0 aromatic rings. The molecule has 1 saturated heterocycles. The number of hydrogen-bond acceptors (Lipinski definition) is 2. The van der Waals surface area contributed by atoms with Gasteiger partial charge in [-0.1, -0.05) is 6.92 Å². The zero-order valence-electron chi connectivity index (χ0n) is 8.55. The van der Waals surface area contributed by atoms with Crippen molar-refractivity contribution in [3.8, 4) is 0 Å². The van der Waals surface area contributed by atoms with Crippen LogP contribution in [-0.2, 0) is 4.74 Å². The van der Waals surface area contributed by atoms with E-state index in [0.29, 0.717) is 12.1 Å². The van der Waals surface area contributed by atoms with Crippen molar-refractivity contribution in [1.29, 1.82) is 0 Å². The fraction of sp³-hybridized carbons (Fsp3) is 1.00. The molecular formula is C10H21NO. The van der Waals surface area contributed by atoms with E-state index >= 15 is 0 Å². The van der Waals surface area contributed by atoms with Gasteiger partial charge in [-0.2, -0.15) is 0 Å². The summed E-state index contributed by atoms with van der Waals surface area (Å²) >= 11 is 0. The van der Waals surface area contributed by atoms with Crippen LogP contribution in [-0.4, -0.2) is 37.2 Å². The highest BCUT2D eigenvalue weighted by Crippen LogP contribution is 2.17. The molecule has 0 saturated carbocycles. The van der Waals surface area contributed by atoms with Gasteiger partial charge in [-0.3, -0.25) is 4.90 Å². The first-order valence-corrected chi connectivity index (χ1v) is 5.06. The predicted octanol–water partition coefficient (Wildman–Crippen LogP) is 1.90. The van der Waals surface area contributed by atoms with Gasteiger partial charge in [0, 0.05) is 13.2 Å². The Kier molecular flexibility index (Phi) is 4.02. The third kappa shape index (κ3) is 2.20. The SMILES string of the molecule is CC[C@@H]([C@@H](C)OC)N1CCCC1. The molecule has 1 fully saturated rings. The Morgan fingerprint density at radius 3 is 2.33 bits per heavy atom. The molecule has 0 amide bonds. The number of ether oxygens (including phenoxy) is 1. The van der Waals surface area contributed by atoms with E-state index in [1.165, 1.54) is 32.4 Å². The van der Waals surface area contributed by atoms with E-state index in [-0.39, 0.29) is 0 Å². The maximum Gasteiger partial charge on any atom is 0.0698 e. The molecule has 0 aliphatic carbocycles. The lowest BCUT2D eigenvalue weighted by Gasteiger charge is -2.30. The monoisotopic (exact) mass is 171 g/mol. The maximum atomic E-state index is 5.37. The Hall–Kier alpha value is -0.0800. The summed E-state index contributed by atoms with van der Waals surface area (Å²) in [5, 5.41) is 0. The van der Waals surface area contributed by atoms with Gasteiger partial charge in [-0.25, -0.2) is 0 Å². The number of likely N-dealkylation sites (tertiary alicyclic amines) is 1. The van der Waals surface area contributed by atoms with Crippen LogP contribution >= 0.6 is 0 Å². The molecule has 0 unspecified atom stereocenters. The zero-order valence-corrected chi connectivity index (χ0v) is 8.55. The van der Waals surface area contributed by atoms with Crippen molar-refractivity contribution in [2.75, 3.05) is 20.2 Å². The standard InChI is InChI=1S/C10H21NO/c1-4-10(9(2)12-3)11-7-5-6-8-11/h9-10H,4-8H2,1-3H3/t9-,10+/m1/s1. The number of methoxy groups -OCH3 is 1. The summed E-state index contributed by atoms with van der Waals surface area (Å²) in [6.45, 7) is 6.96. The number of nitrogens with zero attached hydrogens (tertiary/aromatic N) is 1. The average Bonchev–Trinajstić information content (AvgIpc) is 2.58. The van der Waals surface area contributed by atoms with Crippen LogP contribution in [0, 0.1) is 0 Å². The minimum absolute atomic E-state index is 0.382. The summed E-state index contributed by atoms with van der Waals surface area (Å²) in [4.78, 5) is 2.56. The zero-order chi connectivity index (χ0) is 8.97. The van der Waals surface area contributed by atoms with Gasteiger partial charge in [-0.15, -0.1) is 0 Å². The largest absolute Gasteiger partial charge is 0.380 e. The fourth-order valence-corrected chi connectivity index (χ4v) is 2.12. The Labute approximate surface area is 75.9 Å². The molecule has 12 heavy (non-hydrogen) atoms. The van der Waals surface area contributed by atoms with Crippen LogP contribution in [0.5, 0.6) is 0 Å². The molecule has 1 aliphatic heterocycles. The normalized spacial score (nSPS) is 24.2. The van der Waals surface area contributed by atoms with Crippen molar-refractivity contribution in [1.82, 2.24) is 4.90 Å². The molecular weight excluding hydrogens is 150 g/mol. The lowest BCUT2D eigenvalue weighted by molar-refractivity contribution is 0.0333. The van der Waals surface area contributed by atoms with E-state index in [2.05, 4.69) is 18.7 Å². The highest BCUT2D eigenvalue weighted by molar-refractivity contribution is 4.79. The van der Waals surface area contributed by atoms with Crippen molar-refractivity contribution in [2.45, 2.75) is 45.3 Å². The van der Waals surface area contributed by atoms with Gasteiger partial charge in [-0.05, 0) is 39.3 Å². The summed E-state index contributed by atoms with van der Waals surface area (Å²) in [5.74, 6) is 0. The van der Waals surface area contributed by atoms with Crippen molar-refractivity contribution in [2.24, 2.45) is 0 Å². The molecule has 0 aromatic carbocycles. The Balaban J connectivity index is 2.42. The Morgan fingerprint density at radius 1 is 1.33 bits per heavy atom. The molecule has 0 bridgehead atoms. The van der Waals surface area contributed by atoms with Gasteiger partial charge >= 0.3 is 0 Å². The van der Waals surface area contributed by atoms with E-state index in [0.717, 1.165) is 0 Å². The lowest BCUT2D eigenvalue weighted by Crippen LogP contribution is -2.41. The van der Waals surface area contributed by atoms with Gasteiger partial charge < -0.3 is 4.74 Å². The molecule has 2 nitrogen and oxygen atoms in total. The Morgan fingerprint density at radius 2 is 1.92 bits per heavy atom. The van der Waals surface area contributed by atoms with Crippen LogP contribution in [0.15, 0.2) is 0 Å². The molecule has 1 rings (SSSR count). The van der Waals surface area contributed by atoms with E-state index in [4.69, 9.17) is 4.74 Å². The van der Waals surface area contributed by atoms with E-state index < -0.39 is 0 Å².